The minimum atomic E-state index is -0.865. The largest absolute Gasteiger partial charge is 0.484 e. The fourth-order valence-electron chi connectivity index (χ4n) is 3.24. The van der Waals surface area contributed by atoms with Crippen LogP contribution in [0.2, 0.25) is 5.02 Å². The molecule has 1 heterocycles. The van der Waals surface area contributed by atoms with Crippen molar-refractivity contribution in [2.24, 2.45) is 0 Å². The number of nitrogens with zero attached hydrogens (tertiary/aromatic N) is 1. The Morgan fingerprint density at radius 3 is 2.50 bits per heavy atom. The molecule has 0 saturated carbocycles. The molecule has 1 aliphatic heterocycles. The van der Waals surface area contributed by atoms with Crippen molar-refractivity contribution in [2.45, 2.75) is 0 Å². The third kappa shape index (κ3) is 5.31. The van der Waals surface area contributed by atoms with Gasteiger partial charge >= 0.3 is 6.03 Å². The van der Waals surface area contributed by atoms with E-state index in [2.05, 4.69) is 10.6 Å². The van der Waals surface area contributed by atoms with Gasteiger partial charge in [-0.1, -0.05) is 48.0 Å². The maximum Gasteiger partial charge on any atom is 0.335 e. The molecule has 3 aromatic carbocycles. The molecule has 1 aliphatic rings. The number of amides is 5. The first-order chi connectivity index (χ1) is 16.4. The lowest BCUT2D eigenvalue weighted by Crippen LogP contribution is -2.54. The maximum absolute atomic E-state index is 13.0. The number of rotatable bonds is 6. The zero-order valence-corrected chi connectivity index (χ0v) is 18.4. The topological polar surface area (TPSA) is 105 Å². The summed E-state index contributed by atoms with van der Waals surface area (Å²) in [6.45, 7) is -0.231. The van der Waals surface area contributed by atoms with Gasteiger partial charge in [0.05, 0.1) is 5.69 Å². The lowest BCUT2D eigenvalue weighted by Gasteiger charge is -2.26. The van der Waals surface area contributed by atoms with Crippen LogP contribution < -0.4 is 20.3 Å². The fraction of sp³-hybridized carbons (Fsp3) is 0.0400. The summed E-state index contributed by atoms with van der Waals surface area (Å²) in [7, 11) is 0. The number of anilines is 2. The molecule has 0 spiro atoms. The molecule has 8 nitrogen and oxygen atoms in total. The van der Waals surface area contributed by atoms with Gasteiger partial charge in [-0.2, -0.15) is 0 Å². The average Bonchev–Trinajstić information content (AvgIpc) is 2.81. The number of urea groups is 1. The monoisotopic (exact) mass is 475 g/mol. The quantitative estimate of drug-likeness (QED) is 0.414. The normalized spacial score (nSPS) is 14.7. The van der Waals surface area contributed by atoms with Gasteiger partial charge in [0, 0.05) is 10.7 Å². The number of para-hydroxylation sites is 1. The molecular formula is C25H18ClN3O5. The van der Waals surface area contributed by atoms with E-state index >= 15 is 0 Å². The van der Waals surface area contributed by atoms with E-state index in [1.807, 2.05) is 6.07 Å². The number of carbonyl (C=O) groups excluding carboxylic acids is 4. The van der Waals surface area contributed by atoms with E-state index in [0.29, 0.717) is 22.0 Å². The summed E-state index contributed by atoms with van der Waals surface area (Å²) in [6, 6.07) is 20.8. The van der Waals surface area contributed by atoms with Gasteiger partial charge in [0.25, 0.3) is 17.7 Å². The Bertz CT molecular complexity index is 1310. The number of hydrogen-bond donors (Lipinski definition) is 2. The molecule has 1 fully saturated rings. The highest BCUT2D eigenvalue weighted by Gasteiger charge is 2.36. The first kappa shape index (κ1) is 22.8. The smallest absolute Gasteiger partial charge is 0.335 e. The number of hydrogen-bond acceptors (Lipinski definition) is 5. The van der Waals surface area contributed by atoms with Gasteiger partial charge in [0.1, 0.15) is 11.3 Å². The van der Waals surface area contributed by atoms with Gasteiger partial charge in [-0.25, -0.2) is 9.69 Å². The van der Waals surface area contributed by atoms with Gasteiger partial charge in [0.2, 0.25) is 0 Å². The van der Waals surface area contributed by atoms with Crippen LogP contribution in [-0.2, 0) is 14.4 Å². The Hall–Kier alpha value is -4.43. The molecule has 170 valence electrons. The molecule has 9 heteroatoms. The molecule has 5 amide bonds. The van der Waals surface area contributed by atoms with Crippen molar-refractivity contribution in [3.63, 3.8) is 0 Å². The zero-order valence-electron chi connectivity index (χ0n) is 17.7. The highest BCUT2D eigenvalue weighted by atomic mass is 35.5. The molecule has 0 bridgehead atoms. The number of barbiturate groups is 1. The van der Waals surface area contributed by atoms with Crippen molar-refractivity contribution in [3.8, 4) is 5.75 Å². The molecule has 4 rings (SSSR count). The summed E-state index contributed by atoms with van der Waals surface area (Å²) in [5.74, 6) is -1.58. The highest BCUT2D eigenvalue weighted by molar-refractivity contribution is 6.39. The molecule has 0 radical (unpaired) electrons. The van der Waals surface area contributed by atoms with E-state index in [1.54, 1.807) is 60.7 Å². The van der Waals surface area contributed by atoms with Crippen LogP contribution in [0.3, 0.4) is 0 Å². The molecule has 0 atom stereocenters. The second kappa shape index (κ2) is 10.0. The summed E-state index contributed by atoms with van der Waals surface area (Å²) < 4.78 is 5.54. The minimum absolute atomic E-state index is 0.231. The van der Waals surface area contributed by atoms with Gasteiger partial charge in [-0.05, 0) is 54.1 Å². The Balaban J connectivity index is 1.50. The van der Waals surface area contributed by atoms with Gasteiger partial charge in [0.15, 0.2) is 6.61 Å². The molecule has 2 N–H and O–H groups in total. The van der Waals surface area contributed by atoms with Gasteiger partial charge in [-0.15, -0.1) is 0 Å². The predicted octanol–water partition coefficient (Wildman–Crippen LogP) is 4.02. The van der Waals surface area contributed by atoms with Crippen LogP contribution in [-0.4, -0.2) is 30.4 Å². The van der Waals surface area contributed by atoms with E-state index in [-0.39, 0.29) is 23.8 Å². The number of ether oxygens (including phenoxy) is 1. The molecule has 0 aliphatic carbocycles. The summed E-state index contributed by atoms with van der Waals surface area (Å²) in [4.78, 5) is 50.6. The van der Waals surface area contributed by atoms with Crippen LogP contribution in [0, 0.1) is 0 Å². The summed E-state index contributed by atoms with van der Waals surface area (Å²) >= 11 is 5.98. The number of nitrogens with one attached hydrogen (secondary N) is 2. The van der Waals surface area contributed by atoms with E-state index in [4.69, 9.17) is 16.3 Å². The first-order valence-corrected chi connectivity index (χ1v) is 10.5. The van der Waals surface area contributed by atoms with Crippen molar-refractivity contribution >= 4 is 52.8 Å². The van der Waals surface area contributed by atoms with Crippen LogP contribution in [0.15, 0.2) is 84.4 Å². The number of imide groups is 2. The number of carbonyl (C=O) groups is 4. The van der Waals surface area contributed by atoms with E-state index in [1.165, 1.54) is 18.2 Å². The van der Waals surface area contributed by atoms with Crippen molar-refractivity contribution < 1.29 is 23.9 Å². The lowest BCUT2D eigenvalue weighted by molar-refractivity contribution is -0.122. The SMILES string of the molecule is O=C(COc1cccc(/C=C2\C(=O)NC(=O)N(c3cccc(Cl)c3)C2=O)c1)Nc1ccccc1. The third-order valence-corrected chi connectivity index (χ3v) is 5.00. The van der Waals surface area contributed by atoms with E-state index in [0.717, 1.165) is 4.90 Å². The van der Waals surface area contributed by atoms with Crippen LogP contribution in [0.25, 0.3) is 6.08 Å². The second-order valence-electron chi connectivity index (χ2n) is 7.21. The zero-order chi connectivity index (χ0) is 24.1. The molecule has 1 saturated heterocycles. The van der Waals surface area contributed by atoms with Crippen LogP contribution >= 0.6 is 11.6 Å². The van der Waals surface area contributed by atoms with E-state index < -0.39 is 17.8 Å². The van der Waals surface area contributed by atoms with Crippen LogP contribution in [0.5, 0.6) is 5.75 Å². The van der Waals surface area contributed by atoms with Crippen LogP contribution in [0.4, 0.5) is 16.2 Å². The summed E-state index contributed by atoms with van der Waals surface area (Å²) in [5, 5.41) is 5.20. The minimum Gasteiger partial charge on any atom is -0.484 e. The summed E-state index contributed by atoms with van der Waals surface area (Å²) in [5.41, 5.74) is 1.11. The first-order valence-electron chi connectivity index (χ1n) is 10.2. The van der Waals surface area contributed by atoms with Crippen molar-refractivity contribution in [1.29, 1.82) is 0 Å². The number of halogens is 1. The molecule has 3 aromatic rings. The molecule has 34 heavy (non-hydrogen) atoms. The Kier molecular flexibility index (Phi) is 6.70. The lowest BCUT2D eigenvalue weighted by atomic mass is 10.1. The van der Waals surface area contributed by atoms with Crippen molar-refractivity contribution in [3.05, 3.63) is 95.0 Å². The second-order valence-corrected chi connectivity index (χ2v) is 7.65. The van der Waals surface area contributed by atoms with Crippen LogP contribution in [0.1, 0.15) is 5.56 Å². The third-order valence-electron chi connectivity index (χ3n) is 4.76. The Morgan fingerprint density at radius 1 is 0.971 bits per heavy atom. The number of benzene rings is 3. The van der Waals surface area contributed by atoms with Gasteiger partial charge < -0.3 is 10.1 Å². The predicted molar refractivity (Wildman–Crippen MR) is 127 cm³/mol. The Labute approximate surface area is 199 Å². The fourth-order valence-corrected chi connectivity index (χ4v) is 3.42. The van der Waals surface area contributed by atoms with Crippen molar-refractivity contribution in [1.82, 2.24) is 5.32 Å². The van der Waals surface area contributed by atoms with E-state index in [9.17, 15) is 19.2 Å². The molecular weight excluding hydrogens is 458 g/mol. The van der Waals surface area contributed by atoms with Gasteiger partial charge in [-0.3, -0.25) is 19.7 Å². The molecule has 0 aromatic heterocycles. The summed E-state index contributed by atoms with van der Waals surface area (Å²) in [6.07, 6.45) is 1.35. The average molecular weight is 476 g/mol. The van der Waals surface area contributed by atoms with Crippen molar-refractivity contribution in [2.75, 3.05) is 16.8 Å². The maximum atomic E-state index is 13.0. The highest BCUT2D eigenvalue weighted by Crippen LogP contribution is 2.25. The Morgan fingerprint density at radius 2 is 1.74 bits per heavy atom. The molecule has 0 unspecified atom stereocenters. The standard InChI is InChI=1S/C25H18ClN3O5/c26-17-7-5-10-19(14-17)29-24(32)21(23(31)28-25(29)33)13-16-6-4-11-20(12-16)34-15-22(30)27-18-8-2-1-3-9-18/h1-14H,15H2,(H,27,30)(H,28,31,33)/b21-13+.